The van der Waals surface area contributed by atoms with Crippen LogP contribution in [0, 0.1) is 5.92 Å². The third kappa shape index (κ3) is 5.39. The highest BCUT2D eigenvalue weighted by molar-refractivity contribution is 5.95. The number of benzene rings is 3. The maximum Gasteiger partial charge on any atom is 0.416 e. The van der Waals surface area contributed by atoms with E-state index in [2.05, 4.69) is 18.7 Å². The predicted molar refractivity (Wildman–Crippen MR) is 142 cm³/mol. The number of halogens is 3. The van der Waals surface area contributed by atoms with Crippen molar-refractivity contribution in [3.05, 3.63) is 89.0 Å². The zero-order chi connectivity index (χ0) is 27.0. The van der Waals surface area contributed by atoms with Gasteiger partial charge in [-0.3, -0.25) is 4.90 Å². The van der Waals surface area contributed by atoms with Gasteiger partial charge in [0, 0.05) is 23.7 Å². The molecule has 1 fully saturated rings. The van der Waals surface area contributed by atoms with Crippen LogP contribution in [0.15, 0.2) is 66.7 Å². The Kier molecular flexibility index (Phi) is 7.14. The number of likely N-dealkylation sites (tertiary alicyclic amines) is 1. The average Bonchev–Trinajstić information content (AvgIpc) is 3.34. The highest BCUT2D eigenvalue weighted by Gasteiger charge is 2.33. The molecule has 0 saturated carbocycles. The first-order chi connectivity index (χ1) is 18.1. The Hall–Kier alpha value is -3.45. The minimum atomic E-state index is -4.41. The summed E-state index contributed by atoms with van der Waals surface area (Å²) in [4.78, 5) is 2.45. The number of hydrogen-bond acceptors (Lipinski definition) is 4. The molecule has 0 spiro atoms. The Bertz CT molecular complexity index is 1320. The van der Waals surface area contributed by atoms with E-state index in [1.54, 1.807) is 18.2 Å². The highest BCUT2D eigenvalue weighted by Crippen LogP contribution is 2.47. The van der Waals surface area contributed by atoms with Gasteiger partial charge in [0.15, 0.2) is 0 Å². The molecule has 3 atom stereocenters. The molecule has 0 bridgehead atoms. The van der Waals surface area contributed by atoms with Gasteiger partial charge in [-0.05, 0) is 91.9 Å². The van der Waals surface area contributed by atoms with Crippen LogP contribution in [-0.2, 0) is 6.18 Å². The first-order valence-electron chi connectivity index (χ1n) is 13.0. The summed E-state index contributed by atoms with van der Waals surface area (Å²) in [7, 11) is 0. The number of phenolic OH excluding ortho intramolecular Hbond substituents is 1. The van der Waals surface area contributed by atoms with Gasteiger partial charge >= 0.3 is 6.18 Å². The molecule has 2 aliphatic heterocycles. The van der Waals surface area contributed by atoms with Gasteiger partial charge in [0.1, 0.15) is 30.0 Å². The lowest BCUT2D eigenvalue weighted by molar-refractivity contribution is -0.137. The second-order valence-electron chi connectivity index (χ2n) is 10.4. The van der Waals surface area contributed by atoms with Gasteiger partial charge in [-0.15, -0.1) is 0 Å². The molecular formula is C31H32F3NO3. The molecule has 3 aromatic carbocycles. The third-order valence-corrected chi connectivity index (χ3v) is 7.55. The lowest BCUT2D eigenvalue weighted by atomic mass is 9.86. The van der Waals surface area contributed by atoms with E-state index in [1.165, 1.54) is 18.6 Å². The van der Waals surface area contributed by atoms with E-state index in [9.17, 15) is 18.3 Å². The third-order valence-electron chi connectivity index (χ3n) is 7.55. The zero-order valence-corrected chi connectivity index (χ0v) is 21.8. The molecule has 0 amide bonds. The quantitative estimate of drug-likeness (QED) is 0.362. The largest absolute Gasteiger partial charge is 0.508 e. The Morgan fingerprint density at radius 1 is 1.05 bits per heavy atom. The van der Waals surface area contributed by atoms with Crippen molar-refractivity contribution in [1.82, 2.24) is 4.90 Å². The summed E-state index contributed by atoms with van der Waals surface area (Å²) in [5.74, 6) is 2.17. The molecule has 0 radical (unpaired) electrons. The number of hydrogen-bond donors (Lipinski definition) is 1. The van der Waals surface area contributed by atoms with Crippen LogP contribution in [0.1, 0.15) is 55.5 Å². The van der Waals surface area contributed by atoms with E-state index in [0.29, 0.717) is 29.5 Å². The Labute approximate surface area is 221 Å². The van der Waals surface area contributed by atoms with Crippen LogP contribution in [0.4, 0.5) is 13.2 Å². The SMILES string of the molecule is CC1=C(c2ccc(C(F)(F)F)cc2)C(c2ccc(OCC(C)N3CCC(C)C3)cc2)Oc2ccc(O)cc21. The molecule has 200 valence electrons. The summed E-state index contributed by atoms with van der Waals surface area (Å²) in [6.45, 7) is 9.15. The number of ether oxygens (including phenoxy) is 2. The van der Waals surface area contributed by atoms with Crippen molar-refractivity contribution < 1.29 is 27.8 Å². The predicted octanol–water partition coefficient (Wildman–Crippen LogP) is 7.58. The molecule has 2 heterocycles. The van der Waals surface area contributed by atoms with Crippen LogP contribution in [-0.4, -0.2) is 35.7 Å². The normalized spacial score (nSPS) is 20.7. The molecular weight excluding hydrogens is 491 g/mol. The second kappa shape index (κ2) is 10.4. The van der Waals surface area contributed by atoms with Crippen molar-refractivity contribution in [1.29, 1.82) is 0 Å². The second-order valence-corrected chi connectivity index (χ2v) is 10.4. The van der Waals surface area contributed by atoms with Crippen LogP contribution in [0.3, 0.4) is 0 Å². The molecule has 1 N–H and O–H groups in total. The van der Waals surface area contributed by atoms with Crippen LogP contribution in [0.25, 0.3) is 11.1 Å². The molecule has 3 unspecified atom stereocenters. The van der Waals surface area contributed by atoms with Crippen molar-refractivity contribution in [2.45, 2.75) is 45.5 Å². The number of allylic oxidation sites excluding steroid dienone is 1. The van der Waals surface area contributed by atoms with E-state index in [-0.39, 0.29) is 5.75 Å². The van der Waals surface area contributed by atoms with Crippen molar-refractivity contribution in [3.8, 4) is 17.2 Å². The monoisotopic (exact) mass is 523 g/mol. The Morgan fingerprint density at radius 3 is 2.39 bits per heavy atom. The number of phenols is 1. The van der Waals surface area contributed by atoms with Gasteiger partial charge in [-0.2, -0.15) is 13.2 Å². The van der Waals surface area contributed by atoms with E-state index >= 15 is 0 Å². The number of fused-ring (bicyclic) bond motifs is 1. The Morgan fingerprint density at radius 2 is 1.76 bits per heavy atom. The summed E-state index contributed by atoms with van der Waals surface area (Å²) in [6.07, 6.45) is -3.73. The summed E-state index contributed by atoms with van der Waals surface area (Å²) < 4.78 is 52.1. The van der Waals surface area contributed by atoms with E-state index < -0.39 is 17.8 Å². The minimum absolute atomic E-state index is 0.0936. The standard InChI is InChI=1S/C31H32F3NO3/c1-19-14-15-35(17-19)20(2)18-37-26-11-6-23(7-12-26)30-29(22-4-8-24(9-5-22)31(32,33)34)21(3)27-16-25(36)10-13-28(27)38-30/h4-13,16,19-20,30,36H,14-15,17-18H2,1-3H3. The van der Waals surface area contributed by atoms with Crippen molar-refractivity contribution >= 4 is 11.1 Å². The van der Waals surface area contributed by atoms with E-state index in [4.69, 9.17) is 9.47 Å². The van der Waals surface area contributed by atoms with Crippen LogP contribution in [0.5, 0.6) is 17.2 Å². The smallest absolute Gasteiger partial charge is 0.416 e. The number of nitrogens with zero attached hydrogens (tertiary/aromatic N) is 1. The Balaban J connectivity index is 1.42. The molecule has 7 heteroatoms. The molecule has 1 saturated heterocycles. The van der Waals surface area contributed by atoms with Crippen LogP contribution < -0.4 is 9.47 Å². The van der Waals surface area contributed by atoms with Gasteiger partial charge in [-0.25, -0.2) is 0 Å². The maximum atomic E-state index is 13.2. The van der Waals surface area contributed by atoms with Crippen molar-refractivity contribution in [2.75, 3.05) is 19.7 Å². The van der Waals surface area contributed by atoms with Gasteiger partial charge < -0.3 is 14.6 Å². The molecule has 4 nitrogen and oxygen atoms in total. The van der Waals surface area contributed by atoms with Crippen molar-refractivity contribution in [3.63, 3.8) is 0 Å². The highest BCUT2D eigenvalue weighted by atomic mass is 19.4. The summed E-state index contributed by atoms with van der Waals surface area (Å²) in [5.41, 5.74) is 3.07. The van der Waals surface area contributed by atoms with E-state index in [0.717, 1.165) is 53.6 Å². The molecule has 5 rings (SSSR count). The zero-order valence-electron chi connectivity index (χ0n) is 21.8. The number of aromatic hydroxyl groups is 1. The minimum Gasteiger partial charge on any atom is -0.508 e. The lowest BCUT2D eigenvalue weighted by Gasteiger charge is -2.31. The number of alkyl halides is 3. The lowest BCUT2D eigenvalue weighted by Crippen LogP contribution is -2.35. The molecule has 38 heavy (non-hydrogen) atoms. The molecule has 0 aromatic heterocycles. The summed E-state index contributed by atoms with van der Waals surface area (Å²) in [6, 6.07) is 18.0. The fraction of sp³-hybridized carbons (Fsp3) is 0.355. The molecule has 3 aromatic rings. The first kappa shape index (κ1) is 26.2. The van der Waals surface area contributed by atoms with Crippen molar-refractivity contribution in [2.24, 2.45) is 5.92 Å². The molecule has 0 aliphatic carbocycles. The van der Waals surface area contributed by atoms with Gasteiger partial charge in [0.2, 0.25) is 0 Å². The van der Waals surface area contributed by atoms with E-state index in [1.807, 2.05) is 31.2 Å². The number of rotatable bonds is 6. The van der Waals surface area contributed by atoms with Crippen LogP contribution >= 0.6 is 0 Å². The average molecular weight is 524 g/mol. The van der Waals surface area contributed by atoms with Gasteiger partial charge in [-0.1, -0.05) is 31.2 Å². The molecule has 2 aliphatic rings. The first-order valence-corrected chi connectivity index (χ1v) is 13.0. The maximum absolute atomic E-state index is 13.2. The fourth-order valence-electron chi connectivity index (χ4n) is 5.31. The topological polar surface area (TPSA) is 41.9 Å². The van der Waals surface area contributed by atoms with Gasteiger partial charge in [0.25, 0.3) is 0 Å². The van der Waals surface area contributed by atoms with Crippen LogP contribution in [0.2, 0.25) is 0 Å². The summed E-state index contributed by atoms with van der Waals surface area (Å²) in [5, 5.41) is 10.1. The fourth-order valence-corrected chi connectivity index (χ4v) is 5.31. The van der Waals surface area contributed by atoms with Gasteiger partial charge in [0.05, 0.1) is 5.56 Å². The summed E-state index contributed by atoms with van der Waals surface area (Å²) >= 11 is 0.